The first-order chi connectivity index (χ1) is 12.1. The summed E-state index contributed by atoms with van der Waals surface area (Å²) in [6.45, 7) is 4.78. The van der Waals surface area contributed by atoms with Gasteiger partial charge in [-0.05, 0) is 25.0 Å². The SMILES string of the molecule is CCCn1c(=O)c2[nH]c(-c3ccc(NN)nc3)nc2n(CCC)c1=O. The molecule has 25 heavy (non-hydrogen) atoms. The molecule has 9 nitrogen and oxygen atoms in total. The molecule has 3 aromatic rings. The number of nitrogen functional groups attached to an aromatic ring is 1. The van der Waals surface area contributed by atoms with Gasteiger partial charge in [-0.3, -0.25) is 13.9 Å². The minimum atomic E-state index is -0.346. The molecule has 0 radical (unpaired) electrons. The van der Waals surface area contributed by atoms with Gasteiger partial charge >= 0.3 is 5.69 Å². The molecule has 0 saturated heterocycles. The van der Waals surface area contributed by atoms with Crippen molar-refractivity contribution < 1.29 is 0 Å². The maximum absolute atomic E-state index is 12.7. The van der Waals surface area contributed by atoms with Crippen LogP contribution in [0.4, 0.5) is 5.82 Å². The zero-order chi connectivity index (χ0) is 18.0. The summed E-state index contributed by atoms with van der Waals surface area (Å²) < 4.78 is 2.81. The Labute approximate surface area is 143 Å². The molecule has 0 unspecified atom stereocenters. The molecular formula is C16H21N7O2. The number of nitrogens with one attached hydrogen (secondary N) is 2. The number of nitrogens with zero attached hydrogens (tertiary/aromatic N) is 4. The minimum absolute atomic E-state index is 0.319. The van der Waals surface area contributed by atoms with Crippen LogP contribution in [-0.2, 0) is 13.1 Å². The van der Waals surface area contributed by atoms with Gasteiger partial charge in [0.25, 0.3) is 5.56 Å². The van der Waals surface area contributed by atoms with Gasteiger partial charge in [0.2, 0.25) is 0 Å². The molecule has 0 atom stereocenters. The Morgan fingerprint density at radius 2 is 1.88 bits per heavy atom. The Bertz CT molecular complexity index is 998. The molecule has 0 aliphatic heterocycles. The zero-order valence-electron chi connectivity index (χ0n) is 14.2. The Kier molecular flexibility index (Phi) is 4.66. The predicted molar refractivity (Wildman–Crippen MR) is 96.2 cm³/mol. The summed E-state index contributed by atoms with van der Waals surface area (Å²) >= 11 is 0. The molecule has 0 fully saturated rings. The van der Waals surface area contributed by atoms with Crippen molar-refractivity contribution in [1.82, 2.24) is 24.1 Å². The molecule has 0 saturated carbocycles. The molecule has 3 heterocycles. The monoisotopic (exact) mass is 343 g/mol. The molecule has 132 valence electrons. The van der Waals surface area contributed by atoms with E-state index in [2.05, 4.69) is 20.4 Å². The Morgan fingerprint density at radius 3 is 2.48 bits per heavy atom. The first-order valence-electron chi connectivity index (χ1n) is 8.27. The van der Waals surface area contributed by atoms with E-state index in [4.69, 9.17) is 5.84 Å². The second-order valence-electron chi connectivity index (χ2n) is 5.75. The molecule has 0 spiro atoms. The number of pyridine rings is 1. The predicted octanol–water partition coefficient (Wildman–Crippen LogP) is 1.05. The Morgan fingerprint density at radius 1 is 1.16 bits per heavy atom. The van der Waals surface area contributed by atoms with Gasteiger partial charge < -0.3 is 10.4 Å². The Balaban J connectivity index is 2.24. The molecular weight excluding hydrogens is 322 g/mol. The van der Waals surface area contributed by atoms with E-state index in [1.54, 1.807) is 22.9 Å². The number of nitrogens with two attached hydrogens (primary N) is 1. The van der Waals surface area contributed by atoms with Crippen LogP contribution in [0.2, 0.25) is 0 Å². The van der Waals surface area contributed by atoms with Crippen molar-refractivity contribution in [3.05, 3.63) is 39.2 Å². The van der Waals surface area contributed by atoms with Crippen molar-refractivity contribution >= 4 is 17.0 Å². The number of H-pyrrole nitrogens is 1. The number of rotatable bonds is 6. The summed E-state index contributed by atoms with van der Waals surface area (Å²) in [6, 6.07) is 3.49. The van der Waals surface area contributed by atoms with Gasteiger partial charge in [-0.1, -0.05) is 13.8 Å². The van der Waals surface area contributed by atoms with Gasteiger partial charge in [0.15, 0.2) is 5.65 Å². The third kappa shape index (κ3) is 2.93. The number of hydrazine groups is 1. The summed E-state index contributed by atoms with van der Waals surface area (Å²) in [5, 5.41) is 0. The summed E-state index contributed by atoms with van der Waals surface area (Å²) in [6.07, 6.45) is 3.06. The lowest BCUT2D eigenvalue weighted by Gasteiger charge is -2.09. The fraction of sp³-hybridized carbons (Fsp3) is 0.375. The molecule has 3 rings (SSSR count). The lowest BCUT2D eigenvalue weighted by Crippen LogP contribution is -2.40. The van der Waals surface area contributed by atoms with Crippen LogP contribution in [-0.4, -0.2) is 24.1 Å². The van der Waals surface area contributed by atoms with Gasteiger partial charge in [-0.25, -0.2) is 20.6 Å². The van der Waals surface area contributed by atoms with E-state index in [1.807, 2.05) is 13.8 Å². The third-order valence-corrected chi connectivity index (χ3v) is 3.94. The van der Waals surface area contributed by atoms with Gasteiger partial charge in [-0.15, -0.1) is 0 Å². The highest BCUT2D eigenvalue weighted by atomic mass is 16.2. The van der Waals surface area contributed by atoms with Crippen LogP contribution in [0.25, 0.3) is 22.6 Å². The van der Waals surface area contributed by atoms with Crippen LogP contribution in [0, 0.1) is 0 Å². The minimum Gasteiger partial charge on any atom is -0.332 e. The molecule has 0 aliphatic rings. The first kappa shape index (κ1) is 16.9. The van der Waals surface area contributed by atoms with E-state index in [9.17, 15) is 9.59 Å². The highest BCUT2D eigenvalue weighted by molar-refractivity contribution is 5.75. The summed E-state index contributed by atoms with van der Waals surface area (Å²) in [7, 11) is 0. The van der Waals surface area contributed by atoms with Crippen molar-refractivity contribution in [3.63, 3.8) is 0 Å². The van der Waals surface area contributed by atoms with E-state index in [0.29, 0.717) is 47.9 Å². The number of hydrogen-bond acceptors (Lipinski definition) is 6. The maximum atomic E-state index is 12.7. The normalized spacial score (nSPS) is 11.2. The Hall–Kier alpha value is -2.94. The van der Waals surface area contributed by atoms with Crippen LogP contribution in [0.3, 0.4) is 0 Å². The van der Waals surface area contributed by atoms with Gasteiger partial charge in [-0.2, -0.15) is 0 Å². The van der Waals surface area contributed by atoms with Crippen LogP contribution in [0.1, 0.15) is 26.7 Å². The number of imidazole rings is 1. The molecule has 0 aromatic carbocycles. The molecule has 4 N–H and O–H groups in total. The van der Waals surface area contributed by atoms with Crippen molar-refractivity contribution in [3.8, 4) is 11.4 Å². The van der Waals surface area contributed by atoms with Crippen molar-refractivity contribution in [1.29, 1.82) is 0 Å². The van der Waals surface area contributed by atoms with Gasteiger partial charge in [0, 0.05) is 24.8 Å². The fourth-order valence-electron chi connectivity index (χ4n) is 2.77. The van der Waals surface area contributed by atoms with E-state index < -0.39 is 0 Å². The highest BCUT2D eigenvalue weighted by Crippen LogP contribution is 2.18. The zero-order valence-corrected chi connectivity index (χ0v) is 14.2. The van der Waals surface area contributed by atoms with Crippen LogP contribution < -0.4 is 22.5 Å². The smallest absolute Gasteiger partial charge is 0.332 e. The summed E-state index contributed by atoms with van der Waals surface area (Å²) in [5.74, 6) is 6.33. The number of aromatic nitrogens is 5. The highest BCUT2D eigenvalue weighted by Gasteiger charge is 2.17. The second-order valence-corrected chi connectivity index (χ2v) is 5.75. The van der Waals surface area contributed by atoms with E-state index >= 15 is 0 Å². The average molecular weight is 343 g/mol. The van der Waals surface area contributed by atoms with Crippen LogP contribution in [0.15, 0.2) is 27.9 Å². The lowest BCUT2D eigenvalue weighted by molar-refractivity contribution is 0.555. The fourth-order valence-corrected chi connectivity index (χ4v) is 2.77. The quantitative estimate of drug-likeness (QED) is 0.454. The maximum Gasteiger partial charge on any atom is 0.332 e. The molecule has 0 bridgehead atoms. The second kappa shape index (κ2) is 6.89. The van der Waals surface area contributed by atoms with E-state index in [1.165, 1.54) is 4.57 Å². The third-order valence-electron chi connectivity index (χ3n) is 3.94. The largest absolute Gasteiger partial charge is 0.332 e. The number of anilines is 1. The van der Waals surface area contributed by atoms with Crippen LogP contribution in [0.5, 0.6) is 0 Å². The molecule has 9 heteroatoms. The van der Waals surface area contributed by atoms with Gasteiger partial charge in [0.05, 0.1) is 0 Å². The lowest BCUT2D eigenvalue weighted by atomic mass is 10.3. The van der Waals surface area contributed by atoms with Crippen molar-refractivity contribution in [2.24, 2.45) is 5.84 Å². The van der Waals surface area contributed by atoms with E-state index in [-0.39, 0.29) is 11.2 Å². The molecule has 3 aromatic heterocycles. The molecule has 0 aliphatic carbocycles. The van der Waals surface area contributed by atoms with Gasteiger partial charge in [0.1, 0.15) is 17.2 Å². The van der Waals surface area contributed by atoms with Crippen molar-refractivity contribution in [2.75, 3.05) is 5.43 Å². The standard InChI is InChI=1S/C16H21N7O2/c1-3-7-22-14-12(15(24)23(8-4-2)16(22)25)19-13(20-14)10-5-6-11(21-17)18-9-10/h5-6,9H,3-4,7-8,17H2,1-2H3,(H,18,21)(H,19,20). The average Bonchev–Trinajstić information content (AvgIpc) is 3.08. The number of fused-ring (bicyclic) bond motifs is 1. The van der Waals surface area contributed by atoms with E-state index in [0.717, 1.165) is 6.42 Å². The summed E-state index contributed by atoms with van der Waals surface area (Å²) in [4.78, 5) is 37.0. The summed E-state index contributed by atoms with van der Waals surface area (Å²) in [5.41, 5.74) is 3.20. The molecule has 0 amide bonds. The number of aryl methyl sites for hydroxylation is 1. The van der Waals surface area contributed by atoms with Crippen molar-refractivity contribution in [2.45, 2.75) is 39.8 Å². The first-order valence-corrected chi connectivity index (χ1v) is 8.27. The topological polar surface area (TPSA) is 124 Å². The van der Waals surface area contributed by atoms with Crippen LogP contribution >= 0.6 is 0 Å². The number of hydrogen-bond donors (Lipinski definition) is 3. The number of aromatic amines is 1.